The molecule has 0 aromatic heterocycles. The Kier molecular flexibility index (Phi) is 6.16. The zero-order valence-corrected chi connectivity index (χ0v) is 14.5. The highest BCUT2D eigenvalue weighted by molar-refractivity contribution is 7.88. The van der Waals surface area contributed by atoms with Crippen LogP contribution in [0, 0.1) is 0 Å². The van der Waals surface area contributed by atoms with Gasteiger partial charge >= 0.3 is 0 Å². The van der Waals surface area contributed by atoms with Crippen LogP contribution in [0.5, 0.6) is 0 Å². The van der Waals surface area contributed by atoms with Crippen LogP contribution < -0.4 is 15.4 Å². The maximum Gasteiger partial charge on any atom is 0.251 e. The zero-order valence-electron chi connectivity index (χ0n) is 12.9. The Bertz CT molecular complexity index is 725. The second-order valence-corrected chi connectivity index (χ2v) is 7.50. The molecule has 0 saturated carbocycles. The lowest BCUT2D eigenvalue weighted by Gasteiger charge is -2.32. The second-order valence-electron chi connectivity index (χ2n) is 5.26. The molecule has 0 unspecified atom stereocenters. The molecule has 0 spiro atoms. The van der Waals surface area contributed by atoms with E-state index in [0.29, 0.717) is 10.6 Å². The van der Waals surface area contributed by atoms with Crippen LogP contribution in [0.2, 0.25) is 5.02 Å². The lowest BCUT2D eigenvalue weighted by atomic mass is 9.99. The van der Waals surface area contributed by atoms with Crippen molar-refractivity contribution in [3.05, 3.63) is 34.9 Å². The molecule has 0 aliphatic carbocycles. The SMILES string of the molecule is CS(=O)(=O)NCCNC(=O)[C@H]1OCC(=O)N[C@@H]1c1ccccc1Cl. The number of amides is 2. The molecule has 0 bridgehead atoms. The first kappa shape index (κ1) is 18.7. The smallest absolute Gasteiger partial charge is 0.251 e. The van der Waals surface area contributed by atoms with E-state index in [-0.39, 0.29) is 25.6 Å². The highest BCUT2D eigenvalue weighted by Crippen LogP contribution is 2.28. The molecule has 10 heteroatoms. The van der Waals surface area contributed by atoms with Gasteiger partial charge in [-0.15, -0.1) is 0 Å². The number of halogens is 1. The number of sulfonamides is 1. The second kappa shape index (κ2) is 7.93. The summed E-state index contributed by atoms with van der Waals surface area (Å²) in [5, 5.41) is 5.68. The van der Waals surface area contributed by atoms with E-state index in [4.69, 9.17) is 16.3 Å². The molecule has 1 aliphatic rings. The molecule has 8 nitrogen and oxygen atoms in total. The maximum absolute atomic E-state index is 12.3. The predicted molar refractivity (Wildman–Crippen MR) is 87.9 cm³/mol. The van der Waals surface area contributed by atoms with Gasteiger partial charge in [-0.05, 0) is 11.6 Å². The summed E-state index contributed by atoms with van der Waals surface area (Å²) in [6.45, 7) is -0.0873. The third-order valence-electron chi connectivity index (χ3n) is 3.30. The van der Waals surface area contributed by atoms with Crippen molar-refractivity contribution in [3.63, 3.8) is 0 Å². The number of nitrogens with one attached hydrogen (secondary N) is 3. The van der Waals surface area contributed by atoms with E-state index in [2.05, 4.69) is 15.4 Å². The van der Waals surface area contributed by atoms with E-state index in [1.54, 1.807) is 24.3 Å². The van der Waals surface area contributed by atoms with Gasteiger partial charge in [0.25, 0.3) is 5.91 Å². The summed E-state index contributed by atoms with van der Waals surface area (Å²) < 4.78 is 29.6. The highest BCUT2D eigenvalue weighted by atomic mass is 35.5. The van der Waals surface area contributed by atoms with Crippen LogP contribution >= 0.6 is 11.6 Å². The molecular formula is C14H18ClN3O5S. The summed E-state index contributed by atoms with van der Waals surface area (Å²) >= 11 is 6.14. The number of ether oxygens (including phenoxy) is 1. The summed E-state index contributed by atoms with van der Waals surface area (Å²) in [6.07, 6.45) is 0.0722. The minimum Gasteiger partial charge on any atom is -0.356 e. The van der Waals surface area contributed by atoms with Crippen molar-refractivity contribution in [1.82, 2.24) is 15.4 Å². The van der Waals surface area contributed by atoms with Gasteiger partial charge in [0.1, 0.15) is 6.61 Å². The number of benzene rings is 1. The largest absolute Gasteiger partial charge is 0.356 e. The summed E-state index contributed by atoms with van der Waals surface area (Å²) in [6, 6.07) is 6.12. The van der Waals surface area contributed by atoms with Crippen molar-refractivity contribution in [2.45, 2.75) is 12.1 Å². The van der Waals surface area contributed by atoms with E-state index in [0.717, 1.165) is 6.26 Å². The maximum atomic E-state index is 12.3. The van der Waals surface area contributed by atoms with E-state index < -0.39 is 28.1 Å². The summed E-state index contributed by atoms with van der Waals surface area (Å²) in [7, 11) is -3.32. The van der Waals surface area contributed by atoms with Gasteiger partial charge in [-0.1, -0.05) is 29.8 Å². The molecule has 1 fully saturated rings. The molecule has 2 rings (SSSR count). The molecule has 2 atom stereocenters. The Morgan fingerprint density at radius 2 is 2.08 bits per heavy atom. The average Bonchev–Trinajstić information content (AvgIpc) is 2.51. The Morgan fingerprint density at radius 1 is 1.38 bits per heavy atom. The lowest BCUT2D eigenvalue weighted by Crippen LogP contribution is -2.53. The van der Waals surface area contributed by atoms with Gasteiger partial charge in [-0.3, -0.25) is 9.59 Å². The Morgan fingerprint density at radius 3 is 2.75 bits per heavy atom. The summed E-state index contributed by atoms with van der Waals surface area (Å²) in [4.78, 5) is 23.9. The number of hydrogen-bond donors (Lipinski definition) is 3. The van der Waals surface area contributed by atoms with Gasteiger partial charge in [0.2, 0.25) is 15.9 Å². The van der Waals surface area contributed by atoms with E-state index >= 15 is 0 Å². The standard InChI is InChI=1S/C14H18ClN3O5S/c1-24(21,22)17-7-6-16-14(20)13-12(18-11(19)8-23-13)9-4-2-3-5-10(9)15/h2-5,12-13,17H,6-8H2,1H3,(H,16,20)(H,18,19)/t12-,13+/m1/s1. The van der Waals surface area contributed by atoms with Gasteiger partial charge < -0.3 is 15.4 Å². The number of carbonyl (C=O) groups is 2. The van der Waals surface area contributed by atoms with Gasteiger partial charge in [0.15, 0.2) is 6.10 Å². The van der Waals surface area contributed by atoms with Crippen molar-refractivity contribution >= 4 is 33.4 Å². The predicted octanol–water partition coefficient (Wildman–Crippen LogP) is -0.438. The molecule has 0 radical (unpaired) electrons. The Balaban J connectivity index is 2.04. The molecule has 1 aromatic rings. The van der Waals surface area contributed by atoms with Crippen LogP contribution in [0.3, 0.4) is 0 Å². The molecular weight excluding hydrogens is 358 g/mol. The van der Waals surface area contributed by atoms with Crippen LogP contribution in [-0.4, -0.2) is 52.3 Å². The van der Waals surface area contributed by atoms with Crippen LogP contribution in [-0.2, 0) is 24.3 Å². The average molecular weight is 376 g/mol. The molecule has 1 aromatic carbocycles. The minimum absolute atomic E-state index is 0.0560. The molecule has 1 heterocycles. The van der Waals surface area contributed by atoms with E-state index in [1.807, 2.05) is 0 Å². The molecule has 1 aliphatic heterocycles. The van der Waals surface area contributed by atoms with Crippen molar-refractivity contribution in [2.75, 3.05) is 26.0 Å². The van der Waals surface area contributed by atoms with Gasteiger partial charge in [-0.2, -0.15) is 0 Å². The van der Waals surface area contributed by atoms with Crippen LogP contribution in [0.4, 0.5) is 0 Å². The summed E-state index contributed by atoms with van der Waals surface area (Å²) in [5.41, 5.74) is 0.571. The van der Waals surface area contributed by atoms with Crippen LogP contribution in [0.15, 0.2) is 24.3 Å². The third-order valence-corrected chi connectivity index (χ3v) is 4.37. The molecule has 1 saturated heterocycles. The van der Waals surface area contributed by atoms with Crippen LogP contribution in [0.1, 0.15) is 11.6 Å². The lowest BCUT2D eigenvalue weighted by molar-refractivity contribution is -0.148. The quantitative estimate of drug-likeness (QED) is 0.583. The van der Waals surface area contributed by atoms with E-state index in [9.17, 15) is 18.0 Å². The number of morpholine rings is 1. The van der Waals surface area contributed by atoms with E-state index in [1.165, 1.54) is 0 Å². The number of rotatable bonds is 6. The molecule has 132 valence electrons. The zero-order chi connectivity index (χ0) is 17.7. The van der Waals surface area contributed by atoms with Crippen molar-refractivity contribution in [3.8, 4) is 0 Å². The number of carbonyl (C=O) groups excluding carboxylic acids is 2. The fourth-order valence-corrected chi connectivity index (χ4v) is 3.00. The minimum atomic E-state index is -3.32. The molecule has 24 heavy (non-hydrogen) atoms. The summed E-state index contributed by atoms with van der Waals surface area (Å²) in [5.74, 6) is -0.807. The molecule has 3 N–H and O–H groups in total. The fraction of sp³-hybridized carbons (Fsp3) is 0.429. The van der Waals surface area contributed by atoms with Gasteiger partial charge in [0, 0.05) is 18.1 Å². The third kappa shape index (κ3) is 5.17. The Labute approximate surface area is 144 Å². The van der Waals surface area contributed by atoms with Gasteiger partial charge in [0.05, 0.1) is 12.3 Å². The van der Waals surface area contributed by atoms with Crippen LogP contribution in [0.25, 0.3) is 0 Å². The first-order valence-corrected chi connectivity index (χ1v) is 9.42. The first-order valence-electron chi connectivity index (χ1n) is 7.15. The van der Waals surface area contributed by atoms with Crippen molar-refractivity contribution in [1.29, 1.82) is 0 Å². The number of hydrogen-bond acceptors (Lipinski definition) is 5. The highest BCUT2D eigenvalue weighted by Gasteiger charge is 2.36. The van der Waals surface area contributed by atoms with Crippen molar-refractivity contribution in [2.24, 2.45) is 0 Å². The van der Waals surface area contributed by atoms with Gasteiger partial charge in [-0.25, -0.2) is 13.1 Å². The molecule has 2 amide bonds. The Hall–Kier alpha value is -1.68. The fourth-order valence-electron chi connectivity index (χ4n) is 2.27. The first-order chi connectivity index (χ1) is 11.3. The normalized spacial score (nSPS) is 21.2. The monoisotopic (exact) mass is 375 g/mol. The topological polar surface area (TPSA) is 114 Å². The van der Waals surface area contributed by atoms with Crippen molar-refractivity contribution < 1.29 is 22.7 Å².